The summed E-state index contributed by atoms with van der Waals surface area (Å²) in [6.07, 6.45) is 7.60. The minimum Gasteiger partial charge on any atom is -0.356 e. The van der Waals surface area contributed by atoms with Crippen molar-refractivity contribution < 1.29 is 4.79 Å². The first-order valence-electron chi connectivity index (χ1n) is 6.63. The smallest absolute Gasteiger partial charge is 0.221 e. The van der Waals surface area contributed by atoms with E-state index in [1.165, 1.54) is 25.7 Å². The van der Waals surface area contributed by atoms with Gasteiger partial charge in [0, 0.05) is 18.5 Å². The molecule has 0 bridgehead atoms. The van der Waals surface area contributed by atoms with Crippen LogP contribution in [0.2, 0.25) is 0 Å². The molecule has 0 aliphatic heterocycles. The fraction of sp³-hybridized carbons (Fsp3) is 0.923. The van der Waals surface area contributed by atoms with Gasteiger partial charge in [-0.2, -0.15) is 0 Å². The standard InChI is InChI=1S/C13H24N2O/c1-10-3-4-11(7-10)9-15-12(16)8-13(14)5-2-6-13/h10-11H,2-9,14H2,1H3,(H,15,16). The van der Waals surface area contributed by atoms with Crippen LogP contribution in [-0.2, 0) is 4.79 Å². The van der Waals surface area contributed by atoms with Crippen LogP contribution in [0.15, 0.2) is 0 Å². The van der Waals surface area contributed by atoms with E-state index >= 15 is 0 Å². The van der Waals surface area contributed by atoms with E-state index < -0.39 is 0 Å². The molecule has 2 rings (SSSR count). The summed E-state index contributed by atoms with van der Waals surface area (Å²) < 4.78 is 0. The van der Waals surface area contributed by atoms with E-state index in [0.717, 1.165) is 25.3 Å². The molecule has 2 saturated carbocycles. The molecular weight excluding hydrogens is 200 g/mol. The Kier molecular flexibility index (Phi) is 3.53. The third kappa shape index (κ3) is 2.97. The number of hydrogen-bond acceptors (Lipinski definition) is 2. The maximum Gasteiger partial charge on any atom is 0.221 e. The first-order chi connectivity index (χ1) is 7.57. The largest absolute Gasteiger partial charge is 0.356 e. The van der Waals surface area contributed by atoms with Crippen molar-refractivity contribution in [2.75, 3.05) is 6.54 Å². The predicted octanol–water partition coefficient (Wildman–Crippen LogP) is 1.81. The van der Waals surface area contributed by atoms with Crippen LogP contribution in [0, 0.1) is 11.8 Å². The minimum atomic E-state index is -0.174. The average molecular weight is 224 g/mol. The minimum absolute atomic E-state index is 0.154. The third-order valence-corrected chi connectivity index (χ3v) is 4.25. The molecule has 0 radical (unpaired) electrons. The van der Waals surface area contributed by atoms with E-state index in [2.05, 4.69) is 12.2 Å². The molecule has 2 aliphatic carbocycles. The van der Waals surface area contributed by atoms with Gasteiger partial charge in [-0.05, 0) is 43.9 Å². The van der Waals surface area contributed by atoms with E-state index in [9.17, 15) is 4.79 Å². The van der Waals surface area contributed by atoms with Crippen LogP contribution in [0.1, 0.15) is 51.9 Å². The summed E-state index contributed by atoms with van der Waals surface area (Å²) in [6, 6.07) is 0. The van der Waals surface area contributed by atoms with Crippen LogP contribution >= 0.6 is 0 Å². The summed E-state index contributed by atoms with van der Waals surface area (Å²) in [5.41, 5.74) is 5.88. The maximum atomic E-state index is 11.7. The molecule has 0 aromatic carbocycles. The van der Waals surface area contributed by atoms with Gasteiger partial charge >= 0.3 is 0 Å². The molecule has 0 aromatic heterocycles. The van der Waals surface area contributed by atoms with E-state index in [1.807, 2.05) is 0 Å². The fourth-order valence-electron chi connectivity index (χ4n) is 2.96. The summed E-state index contributed by atoms with van der Waals surface area (Å²) in [5, 5.41) is 3.05. The fourth-order valence-corrected chi connectivity index (χ4v) is 2.96. The van der Waals surface area contributed by atoms with Gasteiger partial charge in [0.1, 0.15) is 0 Å². The zero-order chi connectivity index (χ0) is 11.6. The molecule has 2 atom stereocenters. The molecule has 0 heterocycles. The summed E-state index contributed by atoms with van der Waals surface area (Å²) >= 11 is 0. The zero-order valence-electron chi connectivity index (χ0n) is 10.3. The number of carbonyl (C=O) groups is 1. The van der Waals surface area contributed by atoms with E-state index in [-0.39, 0.29) is 11.4 Å². The van der Waals surface area contributed by atoms with Crippen molar-refractivity contribution in [1.29, 1.82) is 0 Å². The van der Waals surface area contributed by atoms with E-state index in [1.54, 1.807) is 0 Å². The molecule has 92 valence electrons. The average Bonchev–Trinajstić information content (AvgIpc) is 2.59. The van der Waals surface area contributed by atoms with Gasteiger partial charge < -0.3 is 11.1 Å². The number of carbonyl (C=O) groups excluding carboxylic acids is 1. The van der Waals surface area contributed by atoms with Gasteiger partial charge in [-0.25, -0.2) is 0 Å². The Morgan fingerprint density at radius 2 is 2.19 bits per heavy atom. The van der Waals surface area contributed by atoms with E-state index in [4.69, 9.17) is 5.73 Å². The highest BCUT2D eigenvalue weighted by Crippen LogP contribution is 2.32. The Hall–Kier alpha value is -0.570. The number of hydrogen-bond donors (Lipinski definition) is 2. The lowest BCUT2D eigenvalue weighted by Gasteiger charge is -2.37. The Labute approximate surface area is 98.2 Å². The molecule has 1 amide bonds. The van der Waals surface area contributed by atoms with Crippen molar-refractivity contribution >= 4 is 5.91 Å². The summed E-state index contributed by atoms with van der Waals surface area (Å²) in [6.45, 7) is 3.16. The molecule has 3 nitrogen and oxygen atoms in total. The summed E-state index contributed by atoms with van der Waals surface area (Å²) in [5.74, 6) is 1.70. The van der Waals surface area contributed by atoms with Gasteiger partial charge in [-0.3, -0.25) is 4.79 Å². The first kappa shape index (κ1) is 11.9. The molecule has 0 aromatic rings. The van der Waals surface area contributed by atoms with Gasteiger partial charge in [0.05, 0.1) is 0 Å². The van der Waals surface area contributed by atoms with Crippen LogP contribution in [0.4, 0.5) is 0 Å². The summed E-state index contributed by atoms with van der Waals surface area (Å²) in [4.78, 5) is 11.7. The predicted molar refractivity (Wildman–Crippen MR) is 64.9 cm³/mol. The molecule has 3 N–H and O–H groups in total. The van der Waals surface area contributed by atoms with Crippen LogP contribution in [-0.4, -0.2) is 18.0 Å². The lowest BCUT2D eigenvalue weighted by atomic mass is 9.75. The van der Waals surface area contributed by atoms with Crippen molar-refractivity contribution in [3.63, 3.8) is 0 Å². The lowest BCUT2D eigenvalue weighted by Crippen LogP contribution is -2.50. The highest BCUT2D eigenvalue weighted by molar-refractivity contribution is 5.77. The van der Waals surface area contributed by atoms with Crippen LogP contribution < -0.4 is 11.1 Å². The molecule has 2 fully saturated rings. The highest BCUT2D eigenvalue weighted by Gasteiger charge is 2.34. The molecule has 16 heavy (non-hydrogen) atoms. The quantitative estimate of drug-likeness (QED) is 0.765. The van der Waals surface area contributed by atoms with Gasteiger partial charge in [0.25, 0.3) is 0 Å². The van der Waals surface area contributed by atoms with Crippen molar-refractivity contribution in [2.45, 2.75) is 57.4 Å². The molecule has 3 heteroatoms. The SMILES string of the molecule is CC1CCC(CNC(=O)CC2(N)CCC2)C1. The second-order valence-electron chi connectivity index (χ2n) is 5.98. The molecule has 2 unspecified atom stereocenters. The Bertz CT molecular complexity index is 261. The molecule has 0 saturated heterocycles. The van der Waals surface area contributed by atoms with Gasteiger partial charge in [-0.15, -0.1) is 0 Å². The summed E-state index contributed by atoms with van der Waals surface area (Å²) in [7, 11) is 0. The Morgan fingerprint density at radius 1 is 1.44 bits per heavy atom. The van der Waals surface area contributed by atoms with Crippen LogP contribution in [0.25, 0.3) is 0 Å². The normalized spacial score (nSPS) is 32.1. The molecule has 2 aliphatic rings. The topological polar surface area (TPSA) is 55.1 Å². The van der Waals surface area contributed by atoms with Gasteiger partial charge in [-0.1, -0.05) is 13.3 Å². The van der Waals surface area contributed by atoms with Crippen molar-refractivity contribution in [3.8, 4) is 0 Å². The number of nitrogens with one attached hydrogen (secondary N) is 1. The second kappa shape index (κ2) is 4.74. The first-order valence-corrected chi connectivity index (χ1v) is 6.63. The zero-order valence-corrected chi connectivity index (χ0v) is 10.3. The Morgan fingerprint density at radius 3 is 2.69 bits per heavy atom. The second-order valence-corrected chi connectivity index (χ2v) is 5.98. The van der Waals surface area contributed by atoms with Crippen LogP contribution in [0.5, 0.6) is 0 Å². The number of nitrogens with two attached hydrogens (primary N) is 1. The van der Waals surface area contributed by atoms with E-state index in [0.29, 0.717) is 12.3 Å². The van der Waals surface area contributed by atoms with Crippen molar-refractivity contribution in [3.05, 3.63) is 0 Å². The maximum absolute atomic E-state index is 11.7. The monoisotopic (exact) mass is 224 g/mol. The van der Waals surface area contributed by atoms with Gasteiger partial charge in [0.15, 0.2) is 0 Å². The number of rotatable bonds is 4. The number of amides is 1. The van der Waals surface area contributed by atoms with Crippen molar-refractivity contribution in [2.24, 2.45) is 17.6 Å². The molecule has 0 spiro atoms. The van der Waals surface area contributed by atoms with Crippen molar-refractivity contribution in [1.82, 2.24) is 5.32 Å². The lowest BCUT2D eigenvalue weighted by molar-refractivity contribution is -0.123. The highest BCUT2D eigenvalue weighted by atomic mass is 16.1. The Balaban J connectivity index is 1.64. The molecular formula is C13H24N2O. The third-order valence-electron chi connectivity index (χ3n) is 4.25. The van der Waals surface area contributed by atoms with Gasteiger partial charge in [0.2, 0.25) is 5.91 Å². The van der Waals surface area contributed by atoms with Crippen LogP contribution in [0.3, 0.4) is 0 Å².